The Kier molecular flexibility index (Phi) is 5.46. The van der Waals surface area contributed by atoms with Crippen molar-refractivity contribution in [2.45, 2.75) is 12.8 Å². The molecule has 0 spiro atoms. The topological polar surface area (TPSA) is 58.6 Å². The maximum absolute atomic E-state index is 14.1. The fourth-order valence-electron chi connectivity index (χ4n) is 3.07. The SMILES string of the molecule is O=C(NCC1(CO)CCOCC1)c1cc(-c2ccccc2)ccc1F. The van der Waals surface area contributed by atoms with Crippen LogP contribution in [0.15, 0.2) is 48.5 Å². The average molecular weight is 343 g/mol. The Morgan fingerprint density at radius 1 is 1.12 bits per heavy atom. The lowest BCUT2D eigenvalue weighted by Crippen LogP contribution is -2.43. The van der Waals surface area contributed by atoms with Gasteiger partial charge in [0.15, 0.2) is 0 Å². The van der Waals surface area contributed by atoms with Gasteiger partial charge in [-0.3, -0.25) is 4.79 Å². The quantitative estimate of drug-likeness (QED) is 0.877. The minimum absolute atomic E-state index is 0.0153. The maximum Gasteiger partial charge on any atom is 0.254 e. The van der Waals surface area contributed by atoms with E-state index < -0.39 is 11.7 Å². The van der Waals surface area contributed by atoms with Gasteiger partial charge in [0.2, 0.25) is 0 Å². The van der Waals surface area contributed by atoms with Crippen LogP contribution < -0.4 is 5.32 Å². The number of halogens is 1. The molecule has 1 fully saturated rings. The third-order valence-electron chi connectivity index (χ3n) is 4.83. The Balaban J connectivity index is 1.75. The van der Waals surface area contributed by atoms with Gasteiger partial charge in [0.25, 0.3) is 5.91 Å². The molecule has 2 aromatic rings. The molecule has 0 unspecified atom stereocenters. The number of benzene rings is 2. The molecule has 0 radical (unpaired) electrons. The lowest BCUT2D eigenvalue weighted by Gasteiger charge is -2.35. The molecule has 0 bridgehead atoms. The highest BCUT2D eigenvalue weighted by atomic mass is 19.1. The van der Waals surface area contributed by atoms with Crippen LogP contribution in [-0.2, 0) is 4.74 Å². The van der Waals surface area contributed by atoms with Crippen LogP contribution in [0.3, 0.4) is 0 Å². The fraction of sp³-hybridized carbons (Fsp3) is 0.350. The number of rotatable bonds is 5. The molecule has 25 heavy (non-hydrogen) atoms. The van der Waals surface area contributed by atoms with Gasteiger partial charge in [0, 0.05) is 25.2 Å². The van der Waals surface area contributed by atoms with E-state index in [0.717, 1.165) is 11.1 Å². The summed E-state index contributed by atoms with van der Waals surface area (Å²) in [6.07, 6.45) is 1.35. The second kappa shape index (κ2) is 7.76. The second-order valence-corrected chi connectivity index (χ2v) is 6.51. The molecule has 1 amide bonds. The third kappa shape index (κ3) is 4.06. The predicted octanol–water partition coefficient (Wildman–Crippen LogP) is 3.01. The van der Waals surface area contributed by atoms with Crippen LogP contribution in [0.4, 0.5) is 4.39 Å². The van der Waals surface area contributed by atoms with E-state index in [-0.39, 0.29) is 17.6 Å². The summed E-state index contributed by atoms with van der Waals surface area (Å²) < 4.78 is 19.5. The molecule has 1 saturated heterocycles. The van der Waals surface area contributed by atoms with Crippen LogP contribution in [0.5, 0.6) is 0 Å². The van der Waals surface area contributed by atoms with Crippen molar-refractivity contribution in [1.29, 1.82) is 0 Å². The molecule has 0 aliphatic carbocycles. The summed E-state index contributed by atoms with van der Waals surface area (Å²) in [5, 5.41) is 12.5. The monoisotopic (exact) mass is 343 g/mol. The zero-order valence-corrected chi connectivity index (χ0v) is 14.0. The van der Waals surface area contributed by atoms with Crippen molar-refractivity contribution in [3.63, 3.8) is 0 Å². The van der Waals surface area contributed by atoms with Gasteiger partial charge >= 0.3 is 0 Å². The largest absolute Gasteiger partial charge is 0.396 e. The number of nitrogens with one attached hydrogen (secondary N) is 1. The van der Waals surface area contributed by atoms with E-state index in [2.05, 4.69) is 5.32 Å². The van der Waals surface area contributed by atoms with Gasteiger partial charge in [0.1, 0.15) is 5.82 Å². The number of hydrogen-bond donors (Lipinski definition) is 2. The van der Waals surface area contributed by atoms with E-state index in [0.29, 0.717) is 32.6 Å². The lowest BCUT2D eigenvalue weighted by atomic mass is 9.81. The molecule has 2 aromatic carbocycles. The maximum atomic E-state index is 14.1. The Morgan fingerprint density at radius 3 is 2.52 bits per heavy atom. The first-order chi connectivity index (χ1) is 12.1. The number of ether oxygens (including phenoxy) is 1. The number of amides is 1. The van der Waals surface area contributed by atoms with Gasteiger partial charge in [-0.05, 0) is 36.1 Å². The molecule has 2 N–H and O–H groups in total. The Morgan fingerprint density at radius 2 is 1.84 bits per heavy atom. The van der Waals surface area contributed by atoms with E-state index >= 15 is 0 Å². The number of aliphatic hydroxyl groups is 1. The van der Waals surface area contributed by atoms with Gasteiger partial charge < -0.3 is 15.2 Å². The van der Waals surface area contributed by atoms with Crippen molar-refractivity contribution in [1.82, 2.24) is 5.32 Å². The van der Waals surface area contributed by atoms with Gasteiger partial charge in [0.05, 0.1) is 12.2 Å². The van der Waals surface area contributed by atoms with Gasteiger partial charge in [-0.2, -0.15) is 0 Å². The van der Waals surface area contributed by atoms with Crippen LogP contribution >= 0.6 is 0 Å². The highest BCUT2D eigenvalue weighted by Gasteiger charge is 2.32. The first-order valence-electron chi connectivity index (χ1n) is 8.45. The molecule has 5 heteroatoms. The van der Waals surface area contributed by atoms with E-state index in [1.807, 2.05) is 30.3 Å². The van der Waals surface area contributed by atoms with Crippen molar-refractivity contribution in [2.75, 3.05) is 26.4 Å². The number of aliphatic hydroxyl groups excluding tert-OH is 1. The molecule has 132 valence electrons. The first-order valence-corrected chi connectivity index (χ1v) is 8.45. The van der Waals surface area contributed by atoms with Gasteiger partial charge in [-0.25, -0.2) is 4.39 Å². The minimum atomic E-state index is -0.554. The smallest absolute Gasteiger partial charge is 0.254 e. The highest BCUT2D eigenvalue weighted by molar-refractivity contribution is 5.95. The average Bonchev–Trinajstić information content (AvgIpc) is 2.68. The summed E-state index contributed by atoms with van der Waals surface area (Å²) in [6, 6.07) is 14.1. The van der Waals surface area contributed by atoms with E-state index in [1.165, 1.54) is 6.07 Å². The number of carbonyl (C=O) groups excluding carboxylic acids is 1. The van der Waals surface area contributed by atoms with Crippen LogP contribution in [0, 0.1) is 11.2 Å². The molecule has 0 aromatic heterocycles. The Labute approximate surface area is 146 Å². The van der Waals surface area contributed by atoms with Crippen molar-refractivity contribution < 1.29 is 19.0 Å². The molecule has 4 nitrogen and oxygen atoms in total. The molecule has 1 heterocycles. The molecule has 0 saturated carbocycles. The normalized spacial score (nSPS) is 16.4. The van der Waals surface area contributed by atoms with Crippen LogP contribution in [0.1, 0.15) is 23.2 Å². The minimum Gasteiger partial charge on any atom is -0.396 e. The number of hydrogen-bond acceptors (Lipinski definition) is 3. The van der Waals surface area contributed by atoms with Crippen molar-refractivity contribution in [3.05, 3.63) is 59.9 Å². The Bertz CT molecular complexity index is 727. The summed E-state index contributed by atoms with van der Waals surface area (Å²) >= 11 is 0. The van der Waals surface area contributed by atoms with E-state index in [1.54, 1.807) is 12.1 Å². The van der Waals surface area contributed by atoms with Crippen molar-refractivity contribution in [3.8, 4) is 11.1 Å². The van der Waals surface area contributed by atoms with Crippen LogP contribution in [0.25, 0.3) is 11.1 Å². The van der Waals surface area contributed by atoms with Crippen molar-refractivity contribution >= 4 is 5.91 Å². The summed E-state index contributed by atoms with van der Waals surface area (Å²) in [4.78, 5) is 12.5. The molecule has 0 atom stereocenters. The summed E-state index contributed by atoms with van der Waals surface area (Å²) in [5.74, 6) is -1.02. The first kappa shape index (κ1) is 17.6. The lowest BCUT2D eigenvalue weighted by molar-refractivity contribution is -0.0146. The predicted molar refractivity (Wildman–Crippen MR) is 93.7 cm³/mol. The summed E-state index contributed by atoms with van der Waals surface area (Å²) in [7, 11) is 0. The van der Waals surface area contributed by atoms with E-state index in [4.69, 9.17) is 4.74 Å². The Hall–Kier alpha value is -2.24. The van der Waals surface area contributed by atoms with Crippen molar-refractivity contribution in [2.24, 2.45) is 5.41 Å². The molecular weight excluding hydrogens is 321 g/mol. The summed E-state index contributed by atoms with van der Waals surface area (Å²) in [6.45, 7) is 1.41. The highest BCUT2D eigenvalue weighted by Crippen LogP contribution is 2.29. The third-order valence-corrected chi connectivity index (χ3v) is 4.83. The zero-order chi connectivity index (χ0) is 17.7. The summed E-state index contributed by atoms with van der Waals surface area (Å²) in [5.41, 5.74) is 1.34. The fourth-order valence-corrected chi connectivity index (χ4v) is 3.07. The molecule has 1 aliphatic heterocycles. The molecule has 3 rings (SSSR count). The standard InChI is InChI=1S/C20H22FNO3/c21-18-7-6-16(15-4-2-1-3-5-15)12-17(18)19(24)22-13-20(14-23)8-10-25-11-9-20/h1-7,12,23H,8-11,13-14H2,(H,22,24). The van der Waals surface area contributed by atoms with Crippen LogP contribution in [-0.4, -0.2) is 37.4 Å². The van der Waals surface area contributed by atoms with Gasteiger partial charge in [-0.15, -0.1) is 0 Å². The number of carbonyl (C=O) groups is 1. The molecule has 1 aliphatic rings. The second-order valence-electron chi connectivity index (χ2n) is 6.51. The van der Waals surface area contributed by atoms with E-state index in [9.17, 15) is 14.3 Å². The van der Waals surface area contributed by atoms with Crippen LogP contribution in [0.2, 0.25) is 0 Å². The molecular formula is C20H22FNO3. The van der Waals surface area contributed by atoms with Gasteiger partial charge in [-0.1, -0.05) is 36.4 Å². The zero-order valence-electron chi connectivity index (χ0n) is 14.0.